The summed E-state index contributed by atoms with van der Waals surface area (Å²) in [6.07, 6.45) is 5.21. The summed E-state index contributed by atoms with van der Waals surface area (Å²) in [6, 6.07) is 22.6. The first-order valence-corrected chi connectivity index (χ1v) is 12.7. The molecule has 4 aromatic rings. The molecule has 1 aromatic heterocycles. The number of ether oxygens (including phenoxy) is 1. The SMILES string of the molecule is CC(C)(C)OC(=O)C1CCCN1C(c1cn[nH]c1)c1ccc(F)c(-c2ccc(-c3ccccc3)cc2)c1. The molecule has 0 bridgehead atoms. The predicted octanol–water partition coefficient (Wildman–Crippen LogP) is 6.78. The Morgan fingerprint density at radius 2 is 1.70 bits per heavy atom. The highest BCUT2D eigenvalue weighted by molar-refractivity contribution is 5.77. The van der Waals surface area contributed by atoms with Gasteiger partial charge in [0.1, 0.15) is 17.5 Å². The molecular formula is C31H32FN3O2. The molecule has 1 N–H and O–H groups in total. The smallest absolute Gasteiger partial charge is 0.323 e. The third-order valence-corrected chi connectivity index (χ3v) is 6.75. The number of esters is 1. The summed E-state index contributed by atoms with van der Waals surface area (Å²) in [4.78, 5) is 15.3. The number of H-pyrrole nitrogens is 1. The molecule has 190 valence electrons. The summed E-state index contributed by atoms with van der Waals surface area (Å²) in [7, 11) is 0. The monoisotopic (exact) mass is 497 g/mol. The lowest BCUT2D eigenvalue weighted by molar-refractivity contribution is -0.160. The van der Waals surface area contributed by atoms with E-state index in [0.29, 0.717) is 5.56 Å². The van der Waals surface area contributed by atoms with Gasteiger partial charge in [-0.3, -0.25) is 14.8 Å². The molecule has 0 radical (unpaired) electrons. The molecule has 0 aliphatic carbocycles. The Balaban J connectivity index is 1.50. The highest BCUT2D eigenvalue weighted by Gasteiger charge is 2.39. The van der Waals surface area contributed by atoms with Gasteiger partial charge < -0.3 is 4.74 Å². The van der Waals surface area contributed by atoms with E-state index in [-0.39, 0.29) is 23.9 Å². The van der Waals surface area contributed by atoms with Gasteiger partial charge in [0.15, 0.2) is 0 Å². The van der Waals surface area contributed by atoms with Crippen molar-refractivity contribution in [1.29, 1.82) is 0 Å². The van der Waals surface area contributed by atoms with Gasteiger partial charge in [-0.2, -0.15) is 5.10 Å². The van der Waals surface area contributed by atoms with Crippen LogP contribution in [0.15, 0.2) is 85.2 Å². The lowest BCUT2D eigenvalue weighted by Crippen LogP contribution is -2.42. The van der Waals surface area contributed by atoms with Gasteiger partial charge in [0.25, 0.3) is 0 Å². The van der Waals surface area contributed by atoms with Crippen molar-refractivity contribution in [3.63, 3.8) is 0 Å². The highest BCUT2D eigenvalue weighted by atomic mass is 19.1. The topological polar surface area (TPSA) is 58.2 Å². The third kappa shape index (κ3) is 5.49. The van der Waals surface area contributed by atoms with Crippen LogP contribution in [0, 0.1) is 5.82 Å². The minimum absolute atomic E-state index is 0.225. The van der Waals surface area contributed by atoms with Gasteiger partial charge in [-0.05, 0) is 68.0 Å². The van der Waals surface area contributed by atoms with Crippen LogP contribution >= 0.6 is 0 Å². The van der Waals surface area contributed by atoms with Gasteiger partial charge in [0.05, 0.1) is 12.2 Å². The van der Waals surface area contributed by atoms with Crippen molar-refractivity contribution in [3.05, 3.63) is 102 Å². The molecule has 0 amide bonds. The van der Waals surface area contributed by atoms with Gasteiger partial charge in [-0.25, -0.2) is 4.39 Å². The number of carbonyl (C=O) groups excluding carboxylic acids is 1. The van der Waals surface area contributed by atoms with Gasteiger partial charge >= 0.3 is 5.97 Å². The van der Waals surface area contributed by atoms with Crippen LogP contribution in [0.3, 0.4) is 0 Å². The van der Waals surface area contributed by atoms with Crippen LogP contribution in [0.2, 0.25) is 0 Å². The number of aromatic amines is 1. The Morgan fingerprint density at radius 3 is 2.38 bits per heavy atom. The predicted molar refractivity (Wildman–Crippen MR) is 143 cm³/mol. The molecule has 0 spiro atoms. The maximum atomic E-state index is 15.1. The number of halogens is 1. The van der Waals surface area contributed by atoms with E-state index in [4.69, 9.17) is 4.74 Å². The fraction of sp³-hybridized carbons (Fsp3) is 0.290. The Bertz CT molecular complexity index is 1350. The summed E-state index contributed by atoms with van der Waals surface area (Å²) in [5.41, 5.74) is 4.78. The molecule has 5 rings (SSSR count). The molecule has 1 fully saturated rings. The van der Waals surface area contributed by atoms with E-state index in [9.17, 15) is 4.79 Å². The van der Waals surface area contributed by atoms with E-state index in [2.05, 4.69) is 27.2 Å². The lowest BCUT2D eigenvalue weighted by atomic mass is 9.93. The zero-order valence-corrected chi connectivity index (χ0v) is 21.4. The Hall–Kier alpha value is -3.77. The quantitative estimate of drug-likeness (QED) is 0.298. The second kappa shape index (κ2) is 10.3. The molecular weight excluding hydrogens is 465 g/mol. The largest absolute Gasteiger partial charge is 0.459 e. The number of hydrogen-bond acceptors (Lipinski definition) is 4. The third-order valence-electron chi connectivity index (χ3n) is 6.75. The Labute approximate surface area is 217 Å². The molecule has 2 atom stereocenters. The summed E-state index contributed by atoms with van der Waals surface area (Å²) < 4.78 is 20.9. The van der Waals surface area contributed by atoms with E-state index in [1.807, 2.05) is 75.5 Å². The van der Waals surface area contributed by atoms with Crippen molar-refractivity contribution in [2.24, 2.45) is 0 Å². The molecule has 1 aliphatic rings. The zero-order chi connectivity index (χ0) is 26.0. The maximum absolute atomic E-state index is 15.1. The van der Waals surface area contributed by atoms with Crippen LogP contribution in [-0.4, -0.2) is 39.3 Å². The molecule has 1 saturated heterocycles. The van der Waals surface area contributed by atoms with Crippen molar-refractivity contribution in [2.75, 3.05) is 6.54 Å². The van der Waals surface area contributed by atoms with E-state index < -0.39 is 5.60 Å². The molecule has 3 aromatic carbocycles. The molecule has 2 heterocycles. The van der Waals surface area contributed by atoms with Crippen molar-refractivity contribution in [3.8, 4) is 22.3 Å². The molecule has 0 saturated carbocycles. The Kier molecular flexibility index (Phi) is 6.94. The van der Waals surface area contributed by atoms with E-state index in [1.165, 1.54) is 6.07 Å². The van der Waals surface area contributed by atoms with Crippen molar-refractivity contribution in [1.82, 2.24) is 15.1 Å². The fourth-order valence-corrected chi connectivity index (χ4v) is 5.11. The van der Waals surface area contributed by atoms with Gasteiger partial charge in [0, 0.05) is 23.9 Å². The normalized spacial score (nSPS) is 17.0. The molecule has 1 aliphatic heterocycles. The number of benzene rings is 3. The van der Waals surface area contributed by atoms with Crippen LogP contribution in [0.1, 0.15) is 50.8 Å². The Morgan fingerprint density at radius 1 is 1.00 bits per heavy atom. The van der Waals surface area contributed by atoms with Gasteiger partial charge in [-0.1, -0.05) is 60.7 Å². The van der Waals surface area contributed by atoms with Gasteiger partial charge in [-0.15, -0.1) is 0 Å². The van der Waals surface area contributed by atoms with Crippen LogP contribution in [0.4, 0.5) is 4.39 Å². The molecule has 5 nitrogen and oxygen atoms in total. The van der Waals surface area contributed by atoms with E-state index in [0.717, 1.165) is 47.2 Å². The van der Waals surface area contributed by atoms with E-state index >= 15 is 4.39 Å². The highest BCUT2D eigenvalue weighted by Crippen LogP contribution is 2.37. The standard InChI is InChI=1S/C31H32FN3O2/c1-31(2,3)37-30(36)28-10-7-17-35(28)29(25-19-33-34-20-25)24-15-16-27(32)26(18-24)23-13-11-22(12-14-23)21-8-5-4-6-9-21/h4-6,8-9,11-16,18-20,28-29H,7,10,17H2,1-3H3,(H,33,34). The number of aromatic nitrogens is 2. The minimum atomic E-state index is -0.564. The average molecular weight is 498 g/mol. The number of hydrogen-bond donors (Lipinski definition) is 1. The lowest BCUT2D eigenvalue weighted by Gasteiger charge is -2.33. The number of nitrogens with zero attached hydrogens (tertiary/aromatic N) is 2. The first-order valence-electron chi connectivity index (χ1n) is 12.7. The van der Waals surface area contributed by atoms with Crippen LogP contribution in [0.25, 0.3) is 22.3 Å². The number of carbonyl (C=O) groups is 1. The summed E-state index contributed by atoms with van der Waals surface area (Å²) in [5, 5.41) is 7.06. The van der Waals surface area contributed by atoms with Crippen LogP contribution in [-0.2, 0) is 9.53 Å². The van der Waals surface area contributed by atoms with Crippen molar-refractivity contribution < 1.29 is 13.9 Å². The van der Waals surface area contributed by atoms with Crippen molar-refractivity contribution >= 4 is 5.97 Å². The zero-order valence-electron chi connectivity index (χ0n) is 21.4. The number of rotatable bonds is 6. The van der Waals surface area contributed by atoms with Crippen LogP contribution < -0.4 is 0 Å². The number of likely N-dealkylation sites (tertiary alicyclic amines) is 1. The number of nitrogens with one attached hydrogen (secondary N) is 1. The summed E-state index contributed by atoms with van der Waals surface area (Å²) in [5.74, 6) is -0.510. The first kappa shape index (κ1) is 24.9. The molecule has 6 heteroatoms. The second-order valence-corrected chi connectivity index (χ2v) is 10.5. The molecule has 2 unspecified atom stereocenters. The average Bonchev–Trinajstić information content (AvgIpc) is 3.58. The van der Waals surface area contributed by atoms with Crippen LogP contribution in [0.5, 0.6) is 0 Å². The van der Waals surface area contributed by atoms with E-state index in [1.54, 1.807) is 12.3 Å². The first-order chi connectivity index (χ1) is 17.8. The van der Waals surface area contributed by atoms with Gasteiger partial charge in [0.2, 0.25) is 0 Å². The summed E-state index contributed by atoms with van der Waals surface area (Å²) >= 11 is 0. The van der Waals surface area contributed by atoms with Crippen molar-refractivity contribution in [2.45, 2.75) is 51.3 Å². The maximum Gasteiger partial charge on any atom is 0.323 e. The minimum Gasteiger partial charge on any atom is -0.459 e. The summed E-state index contributed by atoms with van der Waals surface area (Å²) in [6.45, 7) is 6.38. The second-order valence-electron chi connectivity index (χ2n) is 10.5. The molecule has 37 heavy (non-hydrogen) atoms. The fourth-order valence-electron chi connectivity index (χ4n) is 5.11.